The molecule has 1 amide bonds. The van der Waals surface area contributed by atoms with Gasteiger partial charge in [-0.1, -0.05) is 12.1 Å². The lowest BCUT2D eigenvalue weighted by Gasteiger charge is -2.24. The summed E-state index contributed by atoms with van der Waals surface area (Å²) in [4.78, 5) is 26.1. The van der Waals surface area contributed by atoms with Crippen molar-refractivity contribution in [2.75, 3.05) is 25.0 Å². The summed E-state index contributed by atoms with van der Waals surface area (Å²) in [6.45, 7) is 2.36. The van der Waals surface area contributed by atoms with Crippen molar-refractivity contribution in [3.8, 4) is 0 Å². The van der Waals surface area contributed by atoms with Crippen molar-refractivity contribution in [2.45, 2.75) is 25.5 Å². The molecule has 1 aliphatic heterocycles. The Kier molecular flexibility index (Phi) is 6.32. The highest BCUT2D eigenvalue weighted by Gasteiger charge is 2.21. The van der Waals surface area contributed by atoms with Crippen LogP contribution in [0.5, 0.6) is 0 Å². The van der Waals surface area contributed by atoms with Crippen LogP contribution in [0.2, 0.25) is 0 Å². The van der Waals surface area contributed by atoms with Crippen molar-refractivity contribution < 1.29 is 14.5 Å². The zero-order valence-electron chi connectivity index (χ0n) is 14.3. The van der Waals surface area contributed by atoms with E-state index in [-0.39, 0.29) is 24.2 Å². The Morgan fingerprint density at radius 1 is 1.38 bits per heavy atom. The number of nitrogens with zero attached hydrogens (tertiary/aromatic N) is 2. The molecular formula is C18H21N3O4S. The third kappa shape index (κ3) is 5.35. The molecule has 1 atom stereocenters. The van der Waals surface area contributed by atoms with Gasteiger partial charge in [0.15, 0.2) is 0 Å². The number of hydrogen-bond acceptors (Lipinski definition) is 6. The Morgan fingerprint density at radius 3 is 2.96 bits per heavy atom. The predicted molar refractivity (Wildman–Crippen MR) is 100 cm³/mol. The third-order valence-corrected chi connectivity index (χ3v) is 5.01. The number of benzene rings is 1. The molecule has 0 aliphatic carbocycles. The fourth-order valence-corrected chi connectivity index (χ4v) is 3.73. The monoisotopic (exact) mass is 375 g/mol. The van der Waals surface area contributed by atoms with Gasteiger partial charge in [0.1, 0.15) is 0 Å². The molecule has 0 bridgehead atoms. The summed E-state index contributed by atoms with van der Waals surface area (Å²) in [5.41, 5.74) is 0.384. The van der Waals surface area contributed by atoms with Crippen molar-refractivity contribution in [1.82, 2.24) is 4.90 Å². The second-order valence-corrected chi connectivity index (χ2v) is 7.27. The fraction of sp³-hybridized carbons (Fsp3) is 0.389. The topological polar surface area (TPSA) is 84.7 Å². The van der Waals surface area contributed by atoms with Gasteiger partial charge >= 0.3 is 0 Å². The molecule has 7 nitrogen and oxygen atoms in total. The standard InChI is InChI=1S/C18H21N3O4S/c22-18(19-14-4-1-5-15(10-14)21(23)24)13-20(11-16-6-2-8-25-16)12-17-7-3-9-26-17/h1,3-5,7,9-10,16H,2,6,8,11-13H2,(H,19,22)/t16-/m0/s1. The number of non-ortho nitro benzene ring substituents is 1. The molecule has 1 N–H and O–H groups in total. The summed E-state index contributed by atoms with van der Waals surface area (Å²) in [5.74, 6) is -0.194. The maximum absolute atomic E-state index is 12.4. The molecule has 8 heteroatoms. The highest BCUT2D eigenvalue weighted by Crippen LogP contribution is 2.19. The van der Waals surface area contributed by atoms with Gasteiger partial charge in [0.05, 0.1) is 17.6 Å². The van der Waals surface area contributed by atoms with Crippen LogP contribution in [-0.2, 0) is 16.1 Å². The van der Waals surface area contributed by atoms with Gasteiger partial charge in [-0.25, -0.2) is 0 Å². The van der Waals surface area contributed by atoms with Crippen molar-refractivity contribution in [3.05, 3.63) is 56.8 Å². The SMILES string of the molecule is O=C(CN(Cc1cccs1)C[C@@H]1CCCO1)Nc1cccc([N+](=O)[O-])c1. The molecule has 1 aromatic heterocycles. The minimum Gasteiger partial charge on any atom is -0.377 e. The molecule has 2 heterocycles. The van der Waals surface area contributed by atoms with Crippen molar-refractivity contribution in [3.63, 3.8) is 0 Å². The number of amides is 1. The minimum absolute atomic E-state index is 0.0439. The number of hydrogen-bond donors (Lipinski definition) is 1. The van der Waals surface area contributed by atoms with E-state index < -0.39 is 4.92 Å². The van der Waals surface area contributed by atoms with E-state index in [1.165, 1.54) is 17.0 Å². The highest BCUT2D eigenvalue weighted by atomic mass is 32.1. The first-order valence-corrected chi connectivity index (χ1v) is 9.39. The van der Waals surface area contributed by atoms with Crippen molar-refractivity contribution in [2.24, 2.45) is 0 Å². The molecule has 0 saturated carbocycles. The van der Waals surface area contributed by atoms with Gasteiger partial charge in [-0.05, 0) is 30.4 Å². The normalized spacial score (nSPS) is 16.7. The van der Waals surface area contributed by atoms with Crippen LogP contribution in [0.15, 0.2) is 41.8 Å². The average Bonchev–Trinajstić information content (AvgIpc) is 3.29. The molecule has 1 fully saturated rings. The van der Waals surface area contributed by atoms with E-state index in [4.69, 9.17) is 4.74 Å². The largest absolute Gasteiger partial charge is 0.377 e. The maximum Gasteiger partial charge on any atom is 0.271 e. The van der Waals surface area contributed by atoms with Crippen LogP contribution >= 0.6 is 11.3 Å². The number of anilines is 1. The van der Waals surface area contributed by atoms with E-state index in [1.807, 2.05) is 17.5 Å². The smallest absolute Gasteiger partial charge is 0.271 e. The number of carbonyl (C=O) groups excluding carboxylic acids is 1. The van der Waals surface area contributed by atoms with Gasteiger partial charge in [-0.3, -0.25) is 19.8 Å². The first-order chi connectivity index (χ1) is 12.6. The van der Waals surface area contributed by atoms with E-state index in [0.717, 1.165) is 19.4 Å². The molecule has 26 heavy (non-hydrogen) atoms. The second-order valence-electron chi connectivity index (χ2n) is 6.24. The molecule has 138 valence electrons. The number of carbonyl (C=O) groups is 1. The van der Waals surface area contributed by atoms with Crippen LogP contribution in [0.4, 0.5) is 11.4 Å². The third-order valence-electron chi connectivity index (χ3n) is 4.15. The molecule has 1 aliphatic rings. The Balaban J connectivity index is 1.62. The highest BCUT2D eigenvalue weighted by molar-refractivity contribution is 7.09. The number of rotatable bonds is 8. The lowest BCUT2D eigenvalue weighted by Crippen LogP contribution is -2.37. The molecule has 2 aromatic rings. The molecule has 0 unspecified atom stereocenters. The Bertz CT molecular complexity index is 745. The summed E-state index contributed by atoms with van der Waals surface area (Å²) >= 11 is 1.66. The molecule has 0 spiro atoms. The van der Waals surface area contributed by atoms with Crippen molar-refractivity contribution >= 4 is 28.6 Å². The Hall–Kier alpha value is -2.29. The van der Waals surface area contributed by atoms with Crippen LogP contribution in [0, 0.1) is 10.1 Å². The number of ether oxygens (including phenoxy) is 1. The van der Waals surface area contributed by atoms with Crippen LogP contribution in [-0.4, -0.2) is 41.5 Å². The van der Waals surface area contributed by atoms with Crippen LogP contribution in [0.1, 0.15) is 17.7 Å². The van der Waals surface area contributed by atoms with Gasteiger partial charge in [-0.2, -0.15) is 0 Å². The maximum atomic E-state index is 12.4. The van der Waals surface area contributed by atoms with E-state index in [2.05, 4.69) is 10.2 Å². The number of nitrogens with one attached hydrogen (secondary N) is 1. The fourth-order valence-electron chi connectivity index (χ4n) is 2.99. The van der Waals surface area contributed by atoms with Gasteiger partial charge < -0.3 is 10.1 Å². The quantitative estimate of drug-likeness (QED) is 0.565. The minimum atomic E-state index is -0.476. The van der Waals surface area contributed by atoms with Crippen LogP contribution in [0.3, 0.4) is 0 Å². The molecule has 3 rings (SSSR count). The Labute approximate surface area is 155 Å². The van der Waals surface area contributed by atoms with Gasteiger partial charge in [0, 0.05) is 42.4 Å². The zero-order valence-corrected chi connectivity index (χ0v) is 15.1. The number of thiophene rings is 1. The van der Waals surface area contributed by atoms with Crippen LogP contribution < -0.4 is 5.32 Å². The van der Waals surface area contributed by atoms with Crippen LogP contribution in [0.25, 0.3) is 0 Å². The van der Waals surface area contributed by atoms with E-state index in [9.17, 15) is 14.9 Å². The van der Waals surface area contributed by atoms with E-state index in [0.29, 0.717) is 18.8 Å². The zero-order chi connectivity index (χ0) is 18.4. The van der Waals surface area contributed by atoms with Crippen molar-refractivity contribution in [1.29, 1.82) is 0 Å². The van der Waals surface area contributed by atoms with Gasteiger partial charge in [0.2, 0.25) is 5.91 Å². The summed E-state index contributed by atoms with van der Waals surface area (Å²) in [7, 11) is 0. The Morgan fingerprint density at radius 2 is 2.27 bits per heavy atom. The van der Waals surface area contributed by atoms with Gasteiger partial charge in [-0.15, -0.1) is 11.3 Å². The molecular weight excluding hydrogens is 354 g/mol. The summed E-state index contributed by atoms with van der Waals surface area (Å²) in [6.07, 6.45) is 2.21. The predicted octanol–water partition coefficient (Wildman–Crippen LogP) is 3.28. The lowest BCUT2D eigenvalue weighted by molar-refractivity contribution is -0.384. The first-order valence-electron chi connectivity index (χ1n) is 8.51. The number of nitro benzene ring substituents is 1. The average molecular weight is 375 g/mol. The second kappa shape index (κ2) is 8.88. The lowest BCUT2D eigenvalue weighted by atomic mass is 10.2. The summed E-state index contributed by atoms with van der Waals surface area (Å²) in [5, 5.41) is 15.6. The molecule has 1 aromatic carbocycles. The number of nitro groups is 1. The first kappa shape index (κ1) is 18.5. The molecule has 0 radical (unpaired) electrons. The summed E-state index contributed by atoms with van der Waals surface area (Å²) < 4.78 is 5.70. The molecule has 1 saturated heterocycles. The summed E-state index contributed by atoms with van der Waals surface area (Å²) in [6, 6.07) is 10.0. The van der Waals surface area contributed by atoms with E-state index >= 15 is 0 Å². The van der Waals surface area contributed by atoms with Gasteiger partial charge in [0.25, 0.3) is 5.69 Å². The van der Waals surface area contributed by atoms with E-state index in [1.54, 1.807) is 23.5 Å².